The first-order chi connectivity index (χ1) is 12.2. The molecule has 1 N–H and O–H groups in total. The summed E-state index contributed by atoms with van der Waals surface area (Å²) < 4.78 is 30.5. The van der Waals surface area contributed by atoms with Crippen molar-refractivity contribution < 1.29 is 23.1 Å². The lowest BCUT2D eigenvalue weighted by atomic mass is 9.74. The van der Waals surface area contributed by atoms with E-state index >= 15 is 0 Å². The van der Waals surface area contributed by atoms with Gasteiger partial charge in [-0.1, -0.05) is 0 Å². The van der Waals surface area contributed by atoms with Crippen LogP contribution in [-0.4, -0.2) is 74.8 Å². The molecule has 2 unspecified atom stereocenters. The van der Waals surface area contributed by atoms with Gasteiger partial charge in [0.1, 0.15) is 5.75 Å². The molecule has 144 valence electrons. The number of likely N-dealkylation sites (tertiary alicyclic amines) is 1. The number of hydrogen-bond acceptors (Lipinski definition) is 5. The van der Waals surface area contributed by atoms with Crippen LogP contribution in [0.3, 0.4) is 0 Å². The molecule has 26 heavy (non-hydrogen) atoms. The van der Waals surface area contributed by atoms with Crippen LogP contribution in [-0.2, 0) is 10.0 Å². The molecule has 2 atom stereocenters. The van der Waals surface area contributed by atoms with Gasteiger partial charge in [0.15, 0.2) is 0 Å². The van der Waals surface area contributed by atoms with Gasteiger partial charge in [-0.05, 0) is 43.0 Å². The quantitative estimate of drug-likeness (QED) is 0.829. The molecule has 8 heteroatoms. The SMILES string of the molecule is COc1ccc(C(=O)N2CCC3CN(S(C)(=O)=O)CC3(CO)C2)c(C)c1. The monoisotopic (exact) mass is 382 g/mol. The summed E-state index contributed by atoms with van der Waals surface area (Å²) in [6, 6.07) is 5.34. The molecule has 1 aromatic rings. The standard InChI is InChI=1S/C18H26N2O5S/c1-13-8-15(25-2)4-5-16(13)17(22)19-7-6-14-9-20(26(3,23)24)11-18(14,10-19)12-21/h4-5,8,14,21H,6-7,9-12H2,1-3H3. The zero-order chi connectivity index (χ0) is 19.1. The van der Waals surface area contributed by atoms with Crippen LogP contribution < -0.4 is 4.74 Å². The number of carbonyl (C=O) groups is 1. The van der Waals surface area contributed by atoms with Crippen molar-refractivity contribution in [3.05, 3.63) is 29.3 Å². The first-order valence-corrected chi connectivity index (χ1v) is 10.5. The largest absolute Gasteiger partial charge is 0.497 e. The van der Waals surface area contributed by atoms with E-state index in [1.165, 1.54) is 10.6 Å². The van der Waals surface area contributed by atoms with Crippen molar-refractivity contribution in [2.45, 2.75) is 13.3 Å². The zero-order valence-electron chi connectivity index (χ0n) is 15.4. The number of carbonyl (C=O) groups excluding carboxylic acids is 1. The number of aliphatic hydroxyl groups is 1. The number of aryl methyl sites for hydroxylation is 1. The highest BCUT2D eigenvalue weighted by molar-refractivity contribution is 7.88. The highest BCUT2D eigenvalue weighted by Crippen LogP contribution is 2.43. The van der Waals surface area contributed by atoms with Gasteiger partial charge in [0.05, 0.1) is 20.0 Å². The number of nitrogens with zero attached hydrogens (tertiary/aromatic N) is 2. The fourth-order valence-electron chi connectivity index (χ4n) is 4.16. The Bertz CT molecular complexity index is 810. The molecule has 2 heterocycles. The molecule has 1 aromatic carbocycles. The third kappa shape index (κ3) is 3.33. The number of fused-ring (bicyclic) bond motifs is 1. The van der Waals surface area contributed by atoms with Crippen molar-refractivity contribution in [3.8, 4) is 5.75 Å². The average Bonchev–Trinajstić information content (AvgIpc) is 3.00. The lowest BCUT2D eigenvalue weighted by Gasteiger charge is -2.43. The minimum atomic E-state index is -3.31. The summed E-state index contributed by atoms with van der Waals surface area (Å²) in [6.07, 6.45) is 1.88. The van der Waals surface area contributed by atoms with E-state index in [0.717, 1.165) is 5.56 Å². The van der Waals surface area contributed by atoms with Gasteiger partial charge in [-0.25, -0.2) is 12.7 Å². The molecule has 0 spiro atoms. The van der Waals surface area contributed by atoms with E-state index in [1.54, 1.807) is 24.1 Å². The maximum absolute atomic E-state index is 13.0. The molecule has 7 nitrogen and oxygen atoms in total. The molecule has 2 aliphatic heterocycles. The van der Waals surface area contributed by atoms with Crippen LogP contribution in [0.5, 0.6) is 5.75 Å². The average molecular weight is 382 g/mol. The molecule has 0 aliphatic carbocycles. The minimum absolute atomic E-state index is 0.0724. The van der Waals surface area contributed by atoms with Crippen LogP contribution in [0.15, 0.2) is 18.2 Å². The van der Waals surface area contributed by atoms with Crippen LogP contribution in [0.2, 0.25) is 0 Å². The topological polar surface area (TPSA) is 87.2 Å². The van der Waals surface area contributed by atoms with Gasteiger partial charge in [0.25, 0.3) is 5.91 Å². The Kier molecular flexibility index (Phi) is 5.02. The van der Waals surface area contributed by atoms with E-state index in [1.807, 2.05) is 13.0 Å². The van der Waals surface area contributed by atoms with Crippen molar-refractivity contribution in [3.63, 3.8) is 0 Å². The predicted molar refractivity (Wildman–Crippen MR) is 97.7 cm³/mol. The third-order valence-electron chi connectivity index (χ3n) is 5.77. The van der Waals surface area contributed by atoms with Crippen LogP contribution in [0, 0.1) is 18.3 Å². The Labute approximate surface area is 154 Å². The predicted octanol–water partition coefficient (Wildman–Crippen LogP) is 0.720. The van der Waals surface area contributed by atoms with E-state index in [9.17, 15) is 18.3 Å². The van der Waals surface area contributed by atoms with Gasteiger partial charge in [-0.3, -0.25) is 4.79 Å². The summed E-state index contributed by atoms with van der Waals surface area (Å²) >= 11 is 0. The van der Waals surface area contributed by atoms with Crippen LogP contribution >= 0.6 is 0 Å². The normalized spacial score (nSPS) is 26.6. The molecule has 0 bridgehead atoms. The van der Waals surface area contributed by atoms with E-state index in [4.69, 9.17) is 4.74 Å². The minimum Gasteiger partial charge on any atom is -0.497 e. The summed E-state index contributed by atoms with van der Waals surface area (Å²) in [6.45, 7) is 3.35. The number of aliphatic hydroxyl groups excluding tert-OH is 1. The second-order valence-corrected chi connectivity index (χ2v) is 9.45. The van der Waals surface area contributed by atoms with E-state index in [2.05, 4.69) is 0 Å². The second kappa shape index (κ2) is 6.83. The Balaban J connectivity index is 1.83. The number of piperidine rings is 1. The van der Waals surface area contributed by atoms with Gasteiger partial charge in [0, 0.05) is 37.2 Å². The van der Waals surface area contributed by atoms with Gasteiger partial charge < -0.3 is 14.7 Å². The summed E-state index contributed by atoms with van der Waals surface area (Å²) in [5.41, 5.74) is 0.853. The molecule has 0 radical (unpaired) electrons. The first-order valence-electron chi connectivity index (χ1n) is 8.70. The first kappa shape index (κ1) is 19.1. The highest BCUT2D eigenvalue weighted by atomic mass is 32.2. The van der Waals surface area contributed by atoms with Crippen LogP contribution in [0.4, 0.5) is 0 Å². The molecule has 2 fully saturated rings. The summed E-state index contributed by atoms with van der Waals surface area (Å²) in [7, 11) is -1.73. The summed E-state index contributed by atoms with van der Waals surface area (Å²) in [4.78, 5) is 14.8. The number of sulfonamides is 1. The van der Waals surface area contributed by atoms with E-state index < -0.39 is 15.4 Å². The summed E-state index contributed by atoms with van der Waals surface area (Å²) in [5.74, 6) is 0.682. The number of rotatable bonds is 4. The van der Waals surface area contributed by atoms with E-state index in [-0.39, 0.29) is 25.0 Å². The van der Waals surface area contributed by atoms with Gasteiger partial charge in [-0.2, -0.15) is 0 Å². The van der Waals surface area contributed by atoms with E-state index in [0.29, 0.717) is 37.4 Å². The fraction of sp³-hybridized carbons (Fsp3) is 0.611. The van der Waals surface area contributed by atoms with Crippen molar-refractivity contribution in [1.82, 2.24) is 9.21 Å². The van der Waals surface area contributed by atoms with Crippen LogP contribution in [0.25, 0.3) is 0 Å². The van der Waals surface area contributed by atoms with Crippen molar-refractivity contribution in [2.75, 3.05) is 46.2 Å². The van der Waals surface area contributed by atoms with Gasteiger partial charge >= 0.3 is 0 Å². The van der Waals surface area contributed by atoms with Crippen molar-refractivity contribution in [2.24, 2.45) is 11.3 Å². The maximum atomic E-state index is 13.0. The number of amides is 1. The Hall–Kier alpha value is -1.64. The lowest BCUT2D eigenvalue weighted by molar-refractivity contribution is 0.0129. The molecular formula is C18H26N2O5S. The van der Waals surface area contributed by atoms with Crippen molar-refractivity contribution in [1.29, 1.82) is 0 Å². The second-order valence-electron chi connectivity index (χ2n) is 7.47. The molecule has 3 rings (SSSR count). The Morgan fingerprint density at radius 1 is 1.38 bits per heavy atom. The number of hydrogen-bond donors (Lipinski definition) is 1. The lowest BCUT2D eigenvalue weighted by Crippen LogP contribution is -2.52. The molecule has 0 aromatic heterocycles. The number of ether oxygens (including phenoxy) is 1. The number of benzene rings is 1. The molecule has 2 aliphatic rings. The summed E-state index contributed by atoms with van der Waals surface area (Å²) in [5, 5.41) is 10.1. The third-order valence-corrected chi connectivity index (χ3v) is 6.99. The Morgan fingerprint density at radius 2 is 2.12 bits per heavy atom. The molecule has 1 amide bonds. The zero-order valence-corrected chi connectivity index (χ0v) is 16.3. The van der Waals surface area contributed by atoms with Crippen LogP contribution in [0.1, 0.15) is 22.3 Å². The van der Waals surface area contributed by atoms with Gasteiger partial charge in [-0.15, -0.1) is 0 Å². The van der Waals surface area contributed by atoms with Gasteiger partial charge in [0.2, 0.25) is 10.0 Å². The Morgan fingerprint density at radius 3 is 2.69 bits per heavy atom. The molecular weight excluding hydrogens is 356 g/mol. The molecule has 0 saturated carbocycles. The highest BCUT2D eigenvalue weighted by Gasteiger charge is 2.52. The molecule has 2 saturated heterocycles. The fourth-order valence-corrected chi connectivity index (χ4v) is 5.10. The smallest absolute Gasteiger partial charge is 0.254 e. The number of methoxy groups -OCH3 is 1. The van der Waals surface area contributed by atoms with Crippen molar-refractivity contribution >= 4 is 15.9 Å². The maximum Gasteiger partial charge on any atom is 0.254 e.